The molecule has 1 unspecified atom stereocenters. The largest absolute Gasteiger partial charge is 0.373 e. The molecule has 0 amide bonds. The summed E-state index contributed by atoms with van der Waals surface area (Å²) in [4.78, 5) is 19.1. The maximum atomic E-state index is 11.7. The summed E-state index contributed by atoms with van der Waals surface area (Å²) in [6, 6.07) is 0. The number of unbranched alkanes of at least 4 members (excludes halogenated alkanes) is 8. The van der Waals surface area contributed by atoms with Crippen molar-refractivity contribution in [1.82, 2.24) is 0 Å². The highest BCUT2D eigenvalue weighted by Crippen LogP contribution is 2.52. The van der Waals surface area contributed by atoms with Gasteiger partial charge in [0.05, 0.1) is 21.1 Å². The lowest BCUT2D eigenvalue weighted by Crippen LogP contribution is -2.49. The molecule has 6 heteroatoms. The zero-order valence-electron chi connectivity index (χ0n) is 18.6. The molecule has 0 aromatic carbocycles. The summed E-state index contributed by atoms with van der Waals surface area (Å²) in [6.07, 6.45) is 21.3. The van der Waals surface area contributed by atoms with Gasteiger partial charge in [0.2, 0.25) is 5.34 Å². The number of hydrogen-bond donors (Lipinski definition) is 3. The van der Waals surface area contributed by atoms with Crippen LogP contribution in [0.3, 0.4) is 0 Å². The average molecular weight is 419 g/mol. The van der Waals surface area contributed by atoms with Gasteiger partial charge in [-0.25, -0.2) is 0 Å². The third-order valence-electron chi connectivity index (χ3n) is 4.78. The number of likely N-dealkylation sites (N-methyl/N-ethyl adjacent to an activating group) is 1. The smallest absolute Gasteiger partial charge is 0.362 e. The number of rotatable bonds is 17. The minimum Gasteiger partial charge on any atom is -0.373 e. The van der Waals surface area contributed by atoms with Gasteiger partial charge in [-0.15, -0.1) is 0 Å². The number of nitrogens with zero attached hydrogens (tertiary/aromatic N) is 1. The monoisotopic (exact) mass is 418 g/mol. The van der Waals surface area contributed by atoms with Crippen LogP contribution in [0.4, 0.5) is 0 Å². The fraction of sp³-hybridized carbons (Fsp3) is 0.818. The molecule has 0 fully saturated rings. The Balaban J connectivity index is 3.90. The van der Waals surface area contributed by atoms with Crippen molar-refractivity contribution in [3.63, 3.8) is 0 Å². The van der Waals surface area contributed by atoms with Crippen LogP contribution < -0.4 is 0 Å². The van der Waals surface area contributed by atoms with Gasteiger partial charge in [-0.3, -0.25) is 4.57 Å². The van der Waals surface area contributed by atoms with E-state index in [0.29, 0.717) is 10.9 Å². The van der Waals surface area contributed by atoms with Crippen LogP contribution in [0.15, 0.2) is 24.3 Å². The molecule has 0 aliphatic heterocycles. The van der Waals surface area contributed by atoms with Crippen LogP contribution >= 0.6 is 7.60 Å². The molecule has 0 radical (unpaired) electrons. The van der Waals surface area contributed by atoms with Crippen molar-refractivity contribution in [3.8, 4) is 0 Å². The van der Waals surface area contributed by atoms with Crippen molar-refractivity contribution in [3.05, 3.63) is 24.3 Å². The van der Waals surface area contributed by atoms with Gasteiger partial charge >= 0.3 is 7.60 Å². The van der Waals surface area contributed by atoms with Crippen LogP contribution in [-0.4, -0.2) is 52.4 Å². The van der Waals surface area contributed by atoms with Gasteiger partial charge < -0.3 is 19.4 Å². The van der Waals surface area contributed by atoms with E-state index in [4.69, 9.17) is 0 Å². The lowest BCUT2D eigenvalue weighted by molar-refractivity contribution is -0.875. The van der Waals surface area contributed by atoms with Crippen molar-refractivity contribution < 1.29 is 23.9 Å². The van der Waals surface area contributed by atoms with Crippen molar-refractivity contribution in [2.24, 2.45) is 0 Å². The van der Waals surface area contributed by atoms with E-state index in [1.165, 1.54) is 38.5 Å². The maximum Gasteiger partial charge on any atom is 0.362 e. The summed E-state index contributed by atoms with van der Waals surface area (Å²) in [7, 11) is 0.877. The first-order valence-electron chi connectivity index (χ1n) is 10.9. The van der Waals surface area contributed by atoms with E-state index >= 15 is 0 Å². The second-order valence-corrected chi connectivity index (χ2v) is 10.9. The van der Waals surface area contributed by atoms with E-state index in [9.17, 15) is 19.5 Å². The third-order valence-corrected chi connectivity index (χ3v) is 6.23. The molecular formula is C22H45NO4P+. The third kappa shape index (κ3) is 14.5. The summed E-state index contributed by atoms with van der Waals surface area (Å²) < 4.78 is 12.0. The minimum atomic E-state index is -4.57. The Labute approximate surface area is 173 Å². The Kier molecular flexibility index (Phi) is 14.3. The first kappa shape index (κ1) is 27.5. The predicted octanol–water partition coefficient (Wildman–Crippen LogP) is 5.37. The van der Waals surface area contributed by atoms with Crippen LogP contribution in [0.2, 0.25) is 0 Å². The van der Waals surface area contributed by atoms with Gasteiger partial charge in [0.1, 0.15) is 6.54 Å². The molecule has 0 spiro atoms. The molecule has 0 saturated heterocycles. The molecule has 0 heterocycles. The van der Waals surface area contributed by atoms with Crippen molar-refractivity contribution >= 4 is 7.60 Å². The number of quaternary nitrogens is 1. The van der Waals surface area contributed by atoms with Gasteiger partial charge in [0, 0.05) is 0 Å². The van der Waals surface area contributed by atoms with Gasteiger partial charge in [-0.1, -0.05) is 56.9 Å². The van der Waals surface area contributed by atoms with Crippen LogP contribution in [0.25, 0.3) is 0 Å². The van der Waals surface area contributed by atoms with Crippen molar-refractivity contribution in [2.45, 2.75) is 89.3 Å². The SMILES string of the molecule is CCCCCCC/C=C\CCCC/C=C\CCC(O)(C[N+](C)(C)C)P(=O)(O)O. The van der Waals surface area contributed by atoms with Crippen LogP contribution in [0.1, 0.15) is 84.0 Å². The van der Waals surface area contributed by atoms with Gasteiger partial charge in [0.25, 0.3) is 0 Å². The molecule has 1 atom stereocenters. The second kappa shape index (κ2) is 14.5. The Morgan fingerprint density at radius 2 is 1.21 bits per heavy atom. The molecule has 0 bridgehead atoms. The minimum absolute atomic E-state index is 0.0239. The molecule has 0 aromatic rings. The molecule has 0 aromatic heterocycles. The topological polar surface area (TPSA) is 77.8 Å². The van der Waals surface area contributed by atoms with Gasteiger partial charge in [0.15, 0.2) is 0 Å². The molecule has 0 rings (SSSR count). The van der Waals surface area contributed by atoms with E-state index in [2.05, 4.69) is 25.2 Å². The zero-order chi connectivity index (χ0) is 21.5. The Morgan fingerprint density at radius 1 is 0.786 bits per heavy atom. The van der Waals surface area contributed by atoms with E-state index in [-0.39, 0.29) is 13.0 Å². The molecule has 5 nitrogen and oxygen atoms in total. The predicted molar refractivity (Wildman–Crippen MR) is 119 cm³/mol. The van der Waals surface area contributed by atoms with Crippen molar-refractivity contribution in [1.29, 1.82) is 0 Å². The number of allylic oxidation sites excluding steroid dienone is 4. The zero-order valence-corrected chi connectivity index (χ0v) is 19.5. The molecule has 3 N–H and O–H groups in total. The van der Waals surface area contributed by atoms with E-state index in [1.807, 2.05) is 27.2 Å². The summed E-state index contributed by atoms with van der Waals surface area (Å²) in [5, 5.41) is 8.51. The molecule has 0 saturated carbocycles. The standard InChI is InChI=1S/C22H44NO4P/c1-5-6-7-8-9-10-11-12-13-14-15-16-17-18-19-20-22(24,28(25,26)27)21-23(2,3)4/h11-12,17-18,24H,5-10,13-16,19-21H2,1-4H3,(H-,25,26,27)/p+1/b12-11-,18-17-. The molecule has 0 aliphatic rings. The Hall–Kier alpha value is -0.450. The second-order valence-electron chi connectivity index (χ2n) is 8.94. The number of hydrogen-bond acceptors (Lipinski definition) is 2. The van der Waals surface area contributed by atoms with Crippen LogP contribution in [0, 0.1) is 0 Å². The van der Waals surface area contributed by atoms with E-state index in [1.54, 1.807) is 0 Å². The highest BCUT2D eigenvalue weighted by Gasteiger charge is 2.48. The normalized spacial score (nSPS) is 15.5. The first-order chi connectivity index (χ1) is 13.0. The van der Waals surface area contributed by atoms with Gasteiger partial charge in [-0.05, 0) is 51.4 Å². The van der Waals surface area contributed by atoms with E-state index < -0.39 is 12.9 Å². The lowest BCUT2D eigenvalue weighted by Gasteiger charge is -2.35. The Bertz CT molecular complexity index is 493. The quantitative estimate of drug-likeness (QED) is 0.128. The molecule has 28 heavy (non-hydrogen) atoms. The summed E-state index contributed by atoms with van der Waals surface area (Å²) in [5.74, 6) is 0. The number of aliphatic hydroxyl groups is 1. The lowest BCUT2D eigenvalue weighted by atomic mass is 10.1. The molecular weight excluding hydrogens is 373 g/mol. The summed E-state index contributed by atoms with van der Waals surface area (Å²) in [5.41, 5.74) is 0. The first-order valence-corrected chi connectivity index (χ1v) is 12.5. The van der Waals surface area contributed by atoms with E-state index in [0.717, 1.165) is 25.7 Å². The highest BCUT2D eigenvalue weighted by atomic mass is 31.2. The molecule has 166 valence electrons. The van der Waals surface area contributed by atoms with Gasteiger partial charge in [-0.2, -0.15) is 0 Å². The van der Waals surface area contributed by atoms with Crippen LogP contribution in [0.5, 0.6) is 0 Å². The fourth-order valence-corrected chi connectivity index (χ4v) is 4.28. The van der Waals surface area contributed by atoms with Crippen LogP contribution in [-0.2, 0) is 4.57 Å². The average Bonchev–Trinajstić information content (AvgIpc) is 2.56. The maximum absolute atomic E-state index is 11.7. The summed E-state index contributed by atoms with van der Waals surface area (Å²) in [6.45, 7) is 2.26. The fourth-order valence-electron chi connectivity index (χ4n) is 3.25. The highest BCUT2D eigenvalue weighted by molar-refractivity contribution is 7.53. The summed E-state index contributed by atoms with van der Waals surface area (Å²) >= 11 is 0. The Morgan fingerprint density at radius 3 is 1.64 bits per heavy atom. The molecule has 0 aliphatic carbocycles. The van der Waals surface area contributed by atoms with Crippen molar-refractivity contribution in [2.75, 3.05) is 27.7 Å².